The third-order valence-corrected chi connectivity index (χ3v) is 2.39. The molecule has 0 spiro atoms. The molecule has 1 aromatic carbocycles. The molecule has 0 saturated carbocycles. The maximum absolute atomic E-state index is 13.4. The average Bonchev–Trinajstić information content (AvgIpc) is 2.48. The first-order valence-corrected chi connectivity index (χ1v) is 4.52. The SMILES string of the molecule is COc1c(Cl)cc(F)c2[nH]c(C)cc12. The number of aryl methyl sites for hydroxylation is 1. The number of nitrogens with one attached hydrogen (secondary N) is 1. The molecule has 0 fully saturated rings. The number of aromatic nitrogens is 1. The van der Waals surface area contributed by atoms with E-state index in [2.05, 4.69) is 4.98 Å². The van der Waals surface area contributed by atoms with Gasteiger partial charge in [0.15, 0.2) is 0 Å². The van der Waals surface area contributed by atoms with Gasteiger partial charge in [0, 0.05) is 11.1 Å². The fraction of sp³-hybridized carbons (Fsp3) is 0.200. The van der Waals surface area contributed by atoms with Crippen molar-refractivity contribution in [3.63, 3.8) is 0 Å². The van der Waals surface area contributed by atoms with Crippen molar-refractivity contribution in [3.05, 3.63) is 28.7 Å². The smallest absolute Gasteiger partial charge is 0.149 e. The standard InChI is InChI=1S/C10H9ClFNO/c1-5-3-6-9(13-5)8(12)4-7(11)10(6)14-2/h3-4,13H,1-2H3. The van der Waals surface area contributed by atoms with Crippen molar-refractivity contribution in [1.82, 2.24) is 4.98 Å². The van der Waals surface area contributed by atoms with E-state index in [1.165, 1.54) is 13.2 Å². The third kappa shape index (κ3) is 1.24. The number of ether oxygens (including phenoxy) is 1. The van der Waals surface area contributed by atoms with E-state index in [0.29, 0.717) is 16.7 Å². The van der Waals surface area contributed by atoms with Crippen LogP contribution in [0.1, 0.15) is 5.69 Å². The Morgan fingerprint density at radius 2 is 2.14 bits per heavy atom. The van der Waals surface area contributed by atoms with Crippen LogP contribution in [0, 0.1) is 12.7 Å². The van der Waals surface area contributed by atoms with Crippen LogP contribution in [-0.2, 0) is 0 Å². The first-order chi connectivity index (χ1) is 6.63. The minimum atomic E-state index is -0.362. The van der Waals surface area contributed by atoms with E-state index in [1.54, 1.807) is 0 Å². The first kappa shape index (κ1) is 9.34. The van der Waals surface area contributed by atoms with Crippen LogP contribution in [0.3, 0.4) is 0 Å². The van der Waals surface area contributed by atoms with Gasteiger partial charge < -0.3 is 9.72 Å². The normalized spacial score (nSPS) is 10.9. The zero-order chi connectivity index (χ0) is 10.3. The molecule has 1 N–H and O–H groups in total. The Balaban J connectivity index is 2.89. The van der Waals surface area contributed by atoms with Gasteiger partial charge in [-0.15, -0.1) is 0 Å². The molecule has 4 heteroatoms. The Morgan fingerprint density at radius 1 is 1.43 bits per heavy atom. The summed E-state index contributed by atoms with van der Waals surface area (Å²) in [5, 5.41) is 0.964. The summed E-state index contributed by atoms with van der Waals surface area (Å²) < 4.78 is 18.5. The Kier molecular flexibility index (Phi) is 2.11. The molecule has 14 heavy (non-hydrogen) atoms. The second kappa shape index (κ2) is 3.17. The number of hydrogen-bond donors (Lipinski definition) is 1. The summed E-state index contributed by atoms with van der Waals surface area (Å²) in [4.78, 5) is 2.92. The van der Waals surface area contributed by atoms with Crippen LogP contribution in [-0.4, -0.2) is 12.1 Å². The summed E-state index contributed by atoms with van der Waals surface area (Å²) in [6.07, 6.45) is 0. The van der Waals surface area contributed by atoms with E-state index < -0.39 is 0 Å². The summed E-state index contributed by atoms with van der Waals surface area (Å²) in [5.74, 6) is 0.145. The van der Waals surface area contributed by atoms with Crippen molar-refractivity contribution in [2.24, 2.45) is 0 Å². The number of rotatable bonds is 1. The Labute approximate surface area is 85.6 Å². The molecule has 0 atom stereocenters. The fourth-order valence-corrected chi connectivity index (χ4v) is 1.82. The minimum absolute atomic E-state index is 0.288. The van der Waals surface area contributed by atoms with Crippen LogP contribution in [0.2, 0.25) is 5.02 Å². The van der Waals surface area contributed by atoms with Crippen LogP contribution in [0.4, 0.5) is 4.39 Å². The van der Waals surface area contributed by atoms with Crippen molar-refractivity contribution in [1.29, 1.82) is 0 Å². The Bertz CT molecular complexity index is 492. The summed E-state index contributed by atoms with van der Waals surface area (Å²) in [6, 6.07) is 3.06. The van der Waals surface area contributed by atoms with Gasteiger partial charge in [-0.2, -0.15) is 0 Å². The number of halogens is 2. The van der Waals surface area contributed by atoms with E-state index in [0.717, 1.165) is 5.69 Å². The lowest BCUT2D eigenvalue weighted by atomic mass is 10.2. The van der Waals surface area contributed by atoms with Gasteiger partial charge >= 0.3 is 0 Å². The molecule has 0 aliphatic carbocycles. The molecule has 0 unspecified atom stereocenters. The molecule has 1 aromatic heterocycles. The first-order valence-electron chi connectivity index (χ1n) is 4.15. The van der Waals surface area contributed by atoms with Crippen LogP contribution in [0.25, 0.3) is 10.9 Å². The zero-order valence-corrected chi connectivity index (χ0v) is 8.57. The maximum atomic E-state index is 13.4. The second-order valence-electron chi connectivity index (χ2n) is 3.11. The fourth-order valence-electron chi connectivity index (χ4n) is 1.54. The quantitative estimate of drug-likeness (QED) is 0.773. The highest BCUT2D eigenvalue weighted by Crippen LogP contribution is 2.35. The molecular formula is C10H9ClFNO. The predicted molar refractivity (Wildman–Crippen MR) is 54.6 cm³/mol. The molecule has 2 rings (SSSR count). The van der Waals surface area contributed by atoms with Gasteiger partial charge in [0.2, 0.25) is 0 Å². The number of benzene rings is 1. The minimum Gasteiger partial charge on any atom is -0.494 e. The van der Waals surface area contributed by atoms with E-state index in [9.17, 15) is 4.39 Å². The van der Waals surface area contributed by atoms with Gasteiger partial charge in [-0.3, -0.25) is 0 Å². The average molecular weight is 214 g/mol. The van der Waals surface area contributed by atoms with Crippen LogP contribution >= 0.6 is 11.6 Å². The van der Waals surface area contributed by atoms with Crippen molar-refractivity contribution in [2.45, 2.75) is 6.92 Å². The lowest BCUT2D eigenvalue weighted by Crippen LogP contribution is -1.87. The van der Waals surface area contributed by atoms with E-state index in [1.807, 2.05) is 13.0 Å². The molecule has 0 radical (unpaired) electrons. The molecular weight excluding hydrogens is 205 g/mol. The summed E-state index contributed by atoms with van der Waals surface area (Å²) in [5.41, 5.74) is 1.31. The Hall–Kier alpha value is -1.22. The van der Waals surface area contributed by atoms with E-state index >= 15 is 0 Å². The van der Waals surface area contributed by atoms with Gasteiger partial charge in [0.05, 0.1) is 17.6 Å². The topological polar surface area (TPSA) is 25.0 Å². The monoisotopic (exact) mass is 213 g/mol. The Morgan fingerprint density at radius 3 is 2.79 bits per heavy atom. The number of H-pyrrole nitrogens is 1. The molecule has 0 bridgehead atoms. The van der Waals surface area contributed by atoms with Crippen LogP contribution in [0.15, 0.2) is 12.1 Å². The highest BCUT2D eigenvalue weighted by molar-refractivity contribution is 6.33. The molecule has 2 aromatic rings. The molecule has 74 valence electrons. The van der Waals surface area contributed by atoms with Gasteiger partial charge in [-0.25, -0.2) is 4.39 Å². The molecule has 0 aliphatic heterocycles. The van der Waals surface area contributed by atoms with Gasteiger partial charge in [-0.1, -0.05) is 11.6 Å². The molecule has 0 saturated heterocycles. The van der Waals surface area contributed by atoms with E-state index in [4.69, 9.17) is 16.3 Å². The van der Waals surface area contributed by atoms with Gasteiger partial charge in [-0.05, 0) is 19.1 Å². The van der Waals surface area contributed by atoms with Gasteiger partial charge in [0.25, 0.3) is 0 Å². The highest BCUT2D eigenvalue weighted by Gasteiger charge is 2.13. The number of hydrogen-bond acceptors (Lipinski definition) is 1. The predicted octanol–water partition coefficient (Wildman–Crippen LogP) is 3.28. The van der Waals surface area contributed by atoms with Crippen LogP contribution < -0.4 is 4.74 Å². The van der Waals surface area contributed by atoms with Crippen LogP contribution in [0.5, 0.6) is 5.75 Å². The second-order valence-corrected chi connectivity index (χ2v) is 3.52. The molecule has 0 aliphatic rings. The summed E-state index contributed by atoms with van der Waals surface area (Å²) in [6.45, 7) is 1.85. The third-order valence-electron chi connectivity index (χ3n) is 2.11. The summed E-state index contributed by atoms with van der Waals surface area (Å²) in [7, 11) is 1.51. The summed E-state index contributed by atoms with van der Waals surface area (Å²) >= 11 is 5.84. The number of fused-ring (bicyclic) bond motifs is 1. The maximum Gasteiger partial charge on any atom is 0.149 e. The highest BCUT2D eigenvalue weighted by atomic mass is 35.5. The van der Waals surface area contributed by atoms with Gasteiger partial charge in [0.1, 0.15) is 11.6 Å². The van der Waals surface area contributed by atoms with Crippen molar-refractivity contribution in [2.75, 3.05) is 7.11 Å². The van der Waals surface area contributed by atoms with Crippen molar-refractivity contribution < 1.29 is 9.13 Å². The van der Waals surface area contributed by atoms with Crippen molar-refractivity contribution in [3.8, 4) is 5.75 Å². The molecule has 0 amide bonds. The largest absolute Gasteiger partial charge is 0.494 e. The molecule has 1 heterocycles. The lowest BCUT2D eigenvalue weighted by molar-refractivity contribution is 0.419. The number of methoxy groups -OCH3 is 1. The van der Waals surface area contributed by atoms with E-state index in [-0.39, 0.29) is 10.8 Å². The number of aromatic amines is 1. The lowest BCUT2D eigenvalue weighted by Gasteiger charge is -2.04. The van der Waals surface area contributed by atoms with Crippen molar-refractivity contribution >= 4 is 22.5 Å². The molecule has 2 nitrogen and oxygen atoms in total. The zero-order valence-electron chi connectivity index (χ0n) is 7.82.